The van der Waals surface area contributed by atoms with Gasteiger partial charge in [-0.1, -0.05) is 39.7 Å². The van der Waals surface area contributed by atoms with Crippen LogP contribution in [0.25, 0.3) is 11.3 Å². The van der Waals surface area contributed by atoms with Gasteiger partial charge in [0.25, 0.3) is 0 Å². The zero-order chi connectivity index (χ0) is 21.8. The normalized spacial score (nSPS) is 18.2. The molecule has 1 heterocycles. The van der Waals surface area contributed by atoms with Gasteiger partial charge in [-0.25, -0.2) is 4.98 Å². The number of aromatic nitrogens is 1. The Labute approximate surface area is 195 Å². The van der Waals surface area contributed by atoms with E-state index in [1.807, 2.05) is 18.2 Å². The highest BCUT2D eigenvalue weighted by molar-refractivity contribution is 9.10. The number of rotatable bonds is 7. The van der Waals surface area contributed by atoms with Crippen molar-refractivity contribution in [3.63, 3.8) is 0 Å². The van der Waals surface area contributed by atoms with Crippen LogP contribution in [-0.2, 0) is 22.6 Å². The number of thiazole rings is 1. The van der Waals surface area contributed by atoms with Gasteiger partial charge in [-0.15, -0.1) is 11.3 Å². The first-order chi connectivity index (χ1) is 15.0. The summed E-state index contributed by atoms with van der Waals surface area (Å²) in [5.74, 6) is 1.31. The molecule has 2 aromatic carbocycles. The van der Waals surface area contributed by atoms with Crippen molar-refractivity contribution in [1.29, 1.82) is 0 Å². The summed E-state index contributed by atoms with van der Waals surface area (Å²) in [7, 11) is 1.47. The molecule has 0 N–H and O–H groups in total. The average Bonchev–Trinajstić information content (AvgIpc) is 3.43. The largest absolute Gasteiger partial charge is 0.488 e. The van der Waals surface area contributed by atoms with Gasteiger partial charge in [0.05, 0.1) is 23.7 Å². The summed E-state index contributed by atoms with van der Waals surface area (Å²) in [6.07, 6.45) is 3.79. The second-order valence-electron chi connectivity index (χ2n) is 8.14. The number of halogens is 1. The van der Waals surface area contributed by atoms with Crippen molar-refractivity contribution in [2.24, 2.45) is 11.8 Å². The molecule has 0 unspecified atom stereocenters. The summed E-state index contributed by atoms with van der Waals surface area (Å²) in [6, 6.07) is 14.4. The smallest absolute Gasteiger partial charge is 0.308 e. The fourth-order valence-corrected chi connectivity index (χ4v) is 5.30. The van der Waals surface area contributed by atoms with Crippen LogP contribution in [0.4, 0.5) is 0 Å². The lowest BCUT2D eigenvalue weighted by molar-refractivity contribution is -0.145. The minimum Gasteiger partial charge on any atom is -0.488 e. The van der Waals surface area contributed by atoms with Crippen LogP contribution < -0.4 is 4.74 Å². The Morgan fingerprint density at radius 3 is 2.77 bits per heavy atom. The summed E-state index contributed by atoms with van der Waals surface area (Å²) in [4.78, 5) is 16.7. The molecule has 0 bridgehead atoms. The van der Waals surface area contributed by atoms with Gasteiger partial charge in [0, 0.05) is 21.8 Å². The number of methoxy groups -OCH3 is 1. The molecule has 0 saturated heterocycles. The molecule has 162 valence electrons. The average molecular weight is 500 g/mol. The van der Waals surface area contributed by atoms with Crippen molar-refractivity contribution in [3.05, 3.63) is 68.5 Å². The number of carbonyl (C=O) groups excluding carboxylic acids is 1. The summed E-state index contributed by atoms with van der Waals surface area (Å²) in [6.45, 7) is 2.60. The van der Waals surface area contributed by atoms with Crippen molar-refractivity contribution in [2.45, 2.75) is 39.2 Å². The Balaban J connectivity index is 1.46. The molecular weight excluding hydrogens is 474 g/mol. The maximum Gasteiger partial charge on any atom is 0.308 e. The third-order valence-corrected chi connectivity index (χ3v) is 7.21. The quantitative estimate of drug-likeness (QED) is 0.344. The molecular formula is C25H26BrNO3S. The zero-order valence-electron chi connectivity index (χ0n) is 17.8. The molecule has 3 aromatic rings. The van der Waals surface area contributed by atoms with E-state index in [0.717, 1.165) is 57.7 Å². The van der Waals surface area contributed by atoms with E-state index in [1.54, 1.807) is 11.3 Å². The minimum atomic E-state index is -0.0744. The number of nitrogens with zero attached hydrogens (tertiary/aromatic N) is 1. The third kappa shape index (κ3) is 5.55. The van der Waals surface area contributed by atoms with E-state index < -0.39 is 0 Å². The van der Waals surface area contributed by atoms with E-state index in [-0.39, 0.29) is 11.9 Å². The Hall–Kier alpha value is -2.18. The van der Waals surface area contributed by atoms with Gasteiger partial charge in [-0.3, -0.25) is 4.79 Å². The molecule has 0 amide bonds. The monoisotopic (exact) mass is 499 g/mol. The maximum absolute atomic E-state index is 11.8. The number of benzene rings is 2. The van der Waals surface area contributed by atoms with E-state index in [2.05, 4.69) is 52.5 Å². The van der Waals surface area contributed by atoms with E-state index in [0.29, 0.717) is 12.5 Å². The van der Waals surface area contributed by atoms with Gasteiger partial charge in [-0.2, -0.15) is 0 Å². The van der Waals surface area contributed by atoms with Crippen LogP contribution in [0.3, 0.4) is 0 Å². The first-order valence-electron chi connectivity index (χ1n) is 10.5. The first-order valence-corrected chi connectivity index (χ1v) is 12.2. The van der Waals surface area contributed by atoms with Gasteiger partial charge in [0.15, 0.2) is 0 Å². The SMILES string of the molecule is COC(=O)[C@@H]1CC[C@H](Cc2nc(-c3cc(C)ccc3OCc3ccc(Br)cc3)cs2)C1. The molecule has 1 aromatic heterocycles. The fraction of sp³-hybridized carbons (Fsp3) is 0.360. The van der Waals surface area contributed by atoms with Crippen LogP contribution >= 0.6 is 27.3 Å². The Morgan fingerprint density at radius 2 is 2.00 bits per heavy atom. The lowest BCUT2D eigenvalue weighted by Gasteiger charge is -2.12. The number of carbonyl (C=O) groups is 1. The predicted molar refractivity (Wildman–Crippen MR) is 127 cm³/mol. The first kappa shape index (κ1) is 22.0. The molecule has 4 nitrogen and oxygen atoms in total. The second-order valence-corrected chi connectivity index (χ2v) is 10.0. The van der Waals surface area contributed by atoms with Crippen LogP contribution in [0.2, 0.25) is 0 Å². The zero-order valence-corrected chi connectivity index (χ0v) is 20.2. The number of hydrogen-bond acceptors (Lipinski definition) is 5. The maximum atomic E-state index is 11.8. The van der Waals surface area contributed by atoms with E-state index in [1.165, 1.54) is 12.7 Å². The fourth-order valence-electron chi connectivity index (χ4n) is 4.13. The molecule has 1 aliphatic rings. The molecule has 0 aliphatic heterocycles. The minimum absolute atomic E-state index is 0.0461. The lowest BCUT2D eigenvalue weighted by atomic mass is 10.0. The summed E-state index contributed by atoms with van der Waals surface area (Å²) >= 11 is 5.16. The predicted octanol–water partition coefficient (Wildman–Crippen LogP) is 6.59. The molecule has 31 heavy (non-hydrogen) atoms. The number of ether oxygens (including phenoxy) is 2. The molecule has 6 heteroatoms. The van der Waals surface area contributed by atoms with Crippen LogP contribution in [0.5, 0.6) is 5.75 Å². The van der Waals surface area contributed by atoms with Crippen molar-refractivity contribution >= 4 is 33.2 Å². The molecule has 1 saturated carbocycles. The Bertz CT molecular complexity index is 1050. The molecule has 1 fully saturated rings. The standard InChI is InChI=1S/C25H26BrNO3S/c1-16-3-10-23(30-14-17-5-8-20(26)9-6-17)21(11-16)22-15-31-24(27-22)13-18-4-7-19(12-18)25(28)29-2/h3,5-6,8-11,15,18-19H,4,7,12-14H2,1-2H3/t18-,19+/m0/s1. The van der Waals surface area contributed by atoms with Crippen LogP contribution in [0.1, 0.15) is 35.4 Å². The van der Waals surface area contributed by atoms with E-state index >= 15 is 0 Å². The highest BCUT2D eigenvalue weighted by Crippen LogP contribution is 2.37. The number of esters is 1. The molecule has 2 atom stereocenters. The topological polar surface area (TPSA) is 48.4 Å². The van der Waals surface area contributed by atoms with Crippen molar-refractivity contribution in [2.75, 3.05) is 7.11 Å². The van der Waals surface area contributed by atoms with Crippen molar-refractivity contribution in [3.8, 4) is 17.0 Å². The van der Waals surface area contributed by atoms with Gasteiger partial charge < -0.3 is 9.47 Å². The van der Waals surface area contributed by atoms with Crippen LogP contribution in [0, 0.1) is 18.8 Å². The van der Waals surface area contributed by atoms with E-state index in [9.17, 15) is 4.79 Å². The third-order valence-electron chi connectivity index (χ3n) is 5.81. The molecule has 0 radical (unpaired) electrons. The molecule has 0 spiro atoms. The van der Waals surface area contributed by atoms with Gasteiger partial charge in [-0.05, 0) is 61.9 Å². The lowest BCUT2D eigenvalue weighted by Crippen LogP contribution is -2.13. The van der Waals surface area contributed by atoms with Gasteiger partial charge in [0.2, 0.25) is 0 Å². The molecule has 1 aliphatic carbocycles. The number of aryl methyl sites for hydroxylation is 1. The van der Waals surface area contributed by atoms with Gasteiger partial charge in [0.1, 0.15) is 12.4 Å². The van der Waals surface area contributed by atoms with Gasteiger partial charge >= 0.3 is 5.97 Å². The van der Waals surface area contributed by atoms with Crippen LogP contribution in [0.15, 0.2) is 52.3 Å². The Morgan fingerprint density at radius 1 is 1.19 bits per heavy atom. The summed E-state index contributed by atoms with van der Waals surface area (Å²) in [5.41, 5.74) is 4.28. The highest BCUT2D eigenvalue weighted by Gasteiger charge is 2.31. The summed E-state index contributed by atoms with van der Waals surface area (Å²) < 4.78 is 12.1. The van der Waals surface area contributed by atoms with Crippen molar-refractivity contribution < 1.29 is 14.3 Å². The highest BCUT2D eigenvalue weighted by atomic mass is 79.9. The number of hydrogen-bond donors (Lipinski definition) is 0. The Kier molecular flexibility index (Phi) is 7.08. The van der Waals surface area contributed by atoms with Crippen LogP contribution in [-0.4, -0.2) is 18.1 Å². The molecule has 4 rings (SSSR count). The summed E-state index contributed by atoms with van der Waals surface area (Å²) in [5, 5.41) is 3.23. The second kappa shape index (κ2) is 9.96. The van der Waals surface area contributed by atoms with E-state index in [4.69, 9.17) is 14.5 Å². The van der Waals surface area contributed by atoms with Crippen molar-refractivity contribution in [1.82, 2.24) is 4.98 Å².